The van der Waals surface area contributed by atoms with Gasteiger partial charge < -0.3 is 15.5 Å². The van der Waals surface area contributed by atoms with Crippen molar-refractivity contribution >= 4 is 5.91 Å². The summed E-state index contributed by atoms with van der Waals surface area (Å²) < 4.78 is 0. The van der Waals surface area contributed by atoms with Crippen LogP contribution < -0.4 is 5.32 Å². The third-order valence-corrected chi connectivity index (χ3v) is 1.98. The van der Waals surface area contributed by atoms with Gasteiger partial charge in [-0.05, 0) is 24.6 Å². The van der Waals surface area contributed by atoms with Crippen LogP contribution in [0.1, 0.15) is 12.5 Å². The largest absolute Gasteiger partial charge is 0.508 e. The van der Waals surface area contributed by atoms with Gasteiger partial charge in [-0.25, -0.2) is 0 Å². The molecule has 0 saturated heterocycles. The van der Waals surface area contributed by atoms with Crippen molar-refractivity contribution < 1.29 is 15.0 Å². The summed E-state index contributed by atoms with van der Waals surface area (Å²) in [5, 5.41) is 20.4. The van der Waals surface area contributed by atoms with E-state index < -0.39 is 0 Å². The number of phenols is 1. The van der Waals surface area contributed by atoms with E-state index in [2.05, 4.69) is 5.32 Å². The lowest BCUT2D eigenvalue weighted by Crippen LogP contribution is -2.35. The van der Waals surface area contributed by atoms with E-state index >= 15 is 0 Å². The van der Waals surface area contributed by atoms with Gasteiger partial charge in [-0.15, -0.1) is 0 Å². The Labute approximate surface area is 88.6 Å². The number of aliphatic hydroxyl groups is 1. The summed E-state index contributed by atoms with van der Waals surface area (Å²) in [5.41, 5.74) is 0.829. The Bertz CT molecular complexity index is 321. The Kier molecular flexibility index (Phi) is 4.12. The molecule has 0 fully saturated rings. The predicted octanol–water partition coefficient (Wildman–Crippen LogP) is 0.432. The molecule has 0 aliphatic carbocycles. The molecule has 0 bridgehead atoms. The summed E-state index contributed by atoms with van der Waals surface area (Å²) in [4.78, 5) is 11.4. The van der Waals surface area contributed by atoms with E-state index in [1.807, 2.05) is 0 Å². The predicted molar refractivity (Wildman–Crippen MR) is 56.5 cm³/mol. The van der Waals surface area contributed by atoms with Gasteiger partial charge in [0.1, 0.15) is 5.75 Å². The Morgan fingerprint density at radius 2 is 2.00 bits per heavy atom. The smallest absolute Gasteiger partial charge is 0.224 e. The highest BCUT2D eigenvalue weighted by molar-refractivity contribution is 5.78. The average Bonchev–Trinajstić information content (AvgIpc) is 2.21. The lowest BCUT2D eigenvalue weighted by molar-refractivity contribution is -0.121. The van der Waals surface area contributed by atoms with Crippen LogP contribution in [0.5, 0.6) is 5.75 Å². The van der Waals surface area contributed by atoms with Crippen molar-refractivity contribution in [3.05, 3.63) is 29.8 Å². The molecule has 0 heterocycles. The molecule has 15 heavy (non-hydrogen) atoms. The number of hydrogen-bond donors (Lipinski definition) is 3. The molecule has 0 saturated carbocycles. The lowest BCUT2D eigenvalue weighted by Gasteiger charge is -2.10. The Morgan fingerprint density at radius 1 is 1.40 bits per heavy atom. The third kappa shape index (κ3) is 3.99. The third-order valence-electron chi connectivity index (χ3n) is 1.98. The summed E-state index contributed by atoms with van der Waals surface area (Å²) in [6.07, 6.45) is 0.255. The molecule has 0 spiro atoms. The fraction of sp³-hybridized carbons (Fsp3) is 0.364. The van der Waals surface area contributed by atoms with Gasteiger partial charge in [0.2, 0.25) is 5.91 Å². The number of carbonyl (C=O) groups excluding carboxylic acids is 1. The molecule has 1 amide bonds. The quantitative estimate of drug-likeness (QED) is 0.673. The molecule has 1 aromatic carbocycles. The Balaban J connectivity index is 2.48. The molecule has 4 heteroatoms. The number of aromatic hydroxyl groups is 1. The Hall–Kier alpha value is -1.55. The first-order valence-electron chi connectivity index (χ1n) is 4.80. The summed E-state index contributed by atoms with van der Waals surface area (Å²) in [6.45, 7) is 1.66. The van der Waals surface area contributed by atoms with Crippen molar-refractivity contribution in [2.24, 2.45) is 0 Å². The zero-order valence-electron chi connectivity index (χ0n) is 8.60. The van der Waals surface area contributed by atoms with Gasteiger partial charge in [-0.3, -0.25) is 4.79 Å². The second-order valence-corrected chi connectivity index (χ2v) is 3.49. The zero-order chi connectivity index (χ0) is 11.3. The highest BCUT2D eigenvalue weighted by Gasteiger charge is 2.06. The molecule has 0 aromatic heterocycles. The van der Waals surface area contributed by atoms with Crippen LogP contribution in [0, 0.1) is 0 Å². The van der Waals surface area contributed by atoms with Crippen molar-refractivity contribution in [1.29, 1.82) is 0 Å². The molecular weight excluding hydrogens is 194 g/mol. The first kappa shape index (κ1) is 11.5. The van der Waals surface area contributed by atoms with E-state index in [4.69, 9.17) is 10.2 Å². The van der Waals surface area contributed by atoms with Gasteiger partial charge in [0.05, 0.1) is 13.0 Å². The molecule has 3 N–H and O–H groups in total. The number of carbonyl (C=O) groups is 1. The van der Waals surface area contributed by atoms with E-state index in [0.717, 1.165) is 5.56 Å². The monoisotopic (exact) mass is 209 g/mol. The normalized spacial score (nSPS) is 12.1. The minimum absolute atomic E-state index is 0.0681. The van der Waals surface area contributed by atoms with E-state index in [0.29, 0.717) is 0 Å². The maximum atomic E-state index is 11.4. The standard InChI is InChI=1S/C11H15NO3/c1-8(7-13)12-11(15)6-9-2-4-10(14)5-3-9/h2-5,8,13-14H,6-7H2,1H3,(H,12,15)/t8-/m0/s1. The maximum Gasteiger partial charge on any atom is 0.224 e. The first-order valence-corrected chi connectivity index (χ1v) is 4.80. The van der Waals surface area contributed by atoms with Crippen LogP contribution in [0.25, 0.3) is 0 Å². The molecule has 1 aromatic rings. The SMILES string of the molecule is C[C@@H](CO)NC(=O)Cc1ccc(O)cc1. The minimum Gasteiger partial charge on any atom is -0.508 e. The van der Waals surface area contributed by atoms with Crippen molar-refractivity contribution in [3.8, 4) is 5.75 Å². The molecule has 0 aliphatic heterocycles. The van der Waals surface area contributed by atoms with Crippen LogP contribution >= 0.6 is 0 Å². The number of amides is 1. The number of rotatable bonds is 4. The van der Waals surface area contributed by atoms with Crippen LogP contribution in [0.4, 0.5) is 0 Å². The van der Waals surface area contributed by atoms with Crippen LogP contribution in [0.3, 0.4) is 0 Å². The summed E-state index contributed by atoms with van der Waals surface area (Å²) >= 11 is 0. The molecule has 4 nitrogen and oxygen atoms in total. The molecule has 1 atom stereocenters. The average molecular weight is 209 g/mol. The van der Waals surface area contributed by atoms with Gasteiger partial charge in [0, 0.05) is 6.04 Å². The van der Waals surface area contributed by atoms with Gasteiger partial charge in [0.25, 0.3) is 0 Å². The highest BCUT2D eigenvalue weighted by Crippen LogP contribution is 2.09. The van der Waals surface area contributed by atoms with Crippen molar-refractivity contribution in [2.45, 2.75) is 19.4 Å². The maximum absolute atomic E-state index is 11.4. The number of hydrogen-bond acceptors (Lipinski definition) is 3. The number of phenolic OH excluding ortho intramolecular Hbond substituents is 1. The second kappa shape index (κ2) is 5.36. The van der Waals surface area contributed by atoms with E-state index in [1.165, 1.54) is 12.1 Å². The van der Waals surface area contributed by atoms with Crippen molar-refractivity contribution in [1.82, 2.24) is 5.32 Å². The van der Waals surface area contributed by atoms with Crippen LogP contribution in [0.2, 0.25) is 0 Å². The van der Waals surface area contributed by atoms with Crippen LogP contribution in [0.15, 0.2) is 24.3 Å². The molecule has 0 aliphatic rings. The summed E-state index contributed by atoms with van der Waals surface area (Å²) in [6, 6.07) is 6.24. The molecule has 1 rings (SSSR count). The highest BCUT2D eigenvalue weighted by atomic mass is 16.3. The van der Waals surface area contributed by atoms with Gasteiger partial charge in [0.15, 0.2) is 0 Å². The fourth-order valence-electron chi connectivity index (χ4n) is 1.17. The van der Waals surface area contributed by atoms with Gasteiger partial charge >= 0.3 is 0 Å². The molecular formula is C11H15NO3. The Morgan fingerprint density at radius 3 is 2.53 bits per heavy atom. The summed E-state index contributed by atoms with van der Waals surface area (Å²) in [7, 11) is 0. The van der Waals surface area contributed by atoms with Crippen LogP contribution in [-0.2, 0) is 11.2 Å². The number of nitrogens with one attached hydrogen (secondary N) is 1. The number of benzene rings is 1. The van der Waals surface area contributed by atoms with Gasteiger partial charge in [-0.2, -0.15) is 0 Å². The lowest BCUT2D eigenvalue weighted by atomic mass is 10.1. The van der Waals surface area contributed by atoms with E-state index in [9.17, 15) is 4.79 Å². The first-order chi connectivity index (χ1) is 7.11. The molecule has 82 valence electrons. The van der Waals surface area contributed by atoms with Crippen molar-refractivity contribution in [2.75, 3.05) is 6.61 Å². The topological polar surface area (TPSA) is 69.6 Å². The fourth-order valence-corrected chi connectivity index (χ4v) is 1.17. The van der Waals surface area contributed by atoms with E-state index in [1.54, 1.807) is 19.1 Å². The van der Waals surface area contributed by atoms with Crippen LogP contribution in [-0.4, -0.2) is 28.8 Å². The number of aliphatic hydroxyl groups excluding tert-OH is 1. The molecule has 0 radical (unpaired) electrons. The zero-order valence-corrected chi connectivity index (χ0v) is 8.60. The van der Waals surface area contributed by atoms with Gasteiger partial charge in [-0.1, -0.05) is 12.1 Å². The van der Waals surface area contributed by atoms with Crippen molar-refractivity contribution in [3.63, 3.8) is 0 Å². The van der Waals surface area contributed by atoms with E-state index in [-0.39, 0.29) is 30.7 Å². The molecule has 0 unspecified atom stereocenters. The summed E-state index contributed by atoms with van der Waals surface area (Å²) in [5.74, 6) is 0.0464. The minimum atomic E-state index is -0.227. The second-order valence-electron chi connectivity index (χ2n) is 3.49.